The van der Waals surface area contributed by atoms with Gasteiger partial charge in [0, 0.05) is 32.2 Å². The molecule has 1 aliphatic carbocycles. The summed E-state index contributed by atoms with van der Waals surface area (Å²) in [4.78, 5) is 15.8. The number of rotatable bonds is 4. The minimum Gasteiger partial charge on any atom is -0.480 e. The Balaban J connectivity index is 1.89. The zero-order chi connectivity index (χ0) is 11.7. The van der Waals surface area contributed by atoms with Crippen LogP contribution in [0.4, 0.5) is 0 Å². The maximum absolute atomic E-state index is 11.2. The van der Waals surface area contributed by atoms with Crippen LogP contribution < -0.4 is 0 Å². The third kappa shape index (κ3) is 2.55. The third-order valence-corrected chi connectivity index (χ3v) is 3.79. The lowest BCUT2D eigenvalue weighted by Gasteiger charge is -2.39. The highest BCUT2D eigenvalue weighted by molar-refractivity contribution is 5.74. The van der Waals surface area contributed by atoms with E-state index in [0.717, 1.165) is 39.0 Å². The lowest BCUT2D eigenvalue weighted by atomic mass is 10.1. The van der Waals surface area contributed by atoms with Crippen molar-refractivity contribution in [2.45, 2.75) is 38.8 Å². The maximum Gasteiger partial charge on any atom is 0.321 e. The minimum atomic E-state index is -0.625. The third-order valence-electron chi connectivity index (χ3n) is 3.79. The van der Waals surface area contributed by atoms with Gasteiger partial charge in [0.2, 0.25) is 0 Å². The van der Waals surface area contributed by atoms with E-state index >= 15 is 0 Å². The largest absolute Gasteiger partial charge is 0.480 e. The Morgan fingerprint density at radius 1 is 1.12 bits per heavy atom. The smallest absolute Gasteiger partial charge is 0.321 e. The number of nitrogens with zero attached hydrogens (tertiary/aromatic N) is 2. The minimum absolute atomic E-state index is 0.214. The van der Waals surface area contributed by atoms with Gasteiger partial charge in [0.25, 0.3) is 0 Å². The first-order valence-electron chi connectivity index (χ1n) is 6.30. The lowest BCUT2D eigenvalue weighted by molar-refractivity contribution is -0.145. The summed E-state index contributed by atoms with van der Waals surface area (Å²) >= 11 is 0. The molecule has 1 unspecified atom stereocenters. The normalized spacial score (nSPS) is 25.9. The molecule has 1 heterocycles. The molecule has 16 heavy (non-hydrogen) atoms. The van der Waals surface area contributed by atoms with Crippen LogP contribution >= 0.6 is 0 Å². The fourth-order valence-electron chi connectivity index (χ4n) is 2.60. The molecular formula is C12H22N2O2. The quantitative estimate of drug-likeness (QED) is 0.772. The van der Waals surface area contributed by atoms with Crippen LogP contribution in [0.15, 0.2) is 0 Å². The summed E-state index contributed by atoms with van der Waals surface area (Å²) in [6.45, 7) is 8.23. The number of piperazine rings is 1. The molecule has 0 bridgehead atoms. The van der Waals surface area contributed by atoms with Gasteiger partial charge in [-0.2, -0.15) is 0 Å². The number of carboxylic acids is 1. The Morgan fingerprint density at radius 2 is 1.62 bits per heavy atom. The van der Waals surface area contributed by atoms with E-state index < -0.39 is 5.97 Å². The second kappa shape index (κ2) is 4.72. The SMILES string of the molecule is CC(C)N1CCN(C(C(=O)O)C2CC2)CC1. The van der Waals surface area contributed by atoms with Crippen molar-refractivity contribution >= 4 is 5.97 Å². The maximum atomic E-state index is 11.2. The van der Waals surface area contributed by atoms with Gasteiger partial charge in [-0.05, 0) is 32.6 Å². The van der Waals surface area contributed by atoms with Gasteiger partial charge in [-0.15, -0.1) is 0 Å². The first kappa shape index (κ1) is 11.9. The van der Waals surface area contributed by atoms with Gasteiger partial charge in [0.15, 0.2) is 0 Å². The molecule has 0 aromatic carbocycles. The molecule has 0 aromatic heterocycles. The fourth-order valence-corrected chi connectivity index (χ4v) is 2.60. The van der Waals surface area contributed by atoms with Crippen molar-refractivity contribution in [2.75, 3.05) is 26.2 Å². The molecule has 1 atom stereocenters. The Hall–Kier alpha value is -0.610. The van der Waals surface area contributed by atoms with E-state index in [1.54, 1.807) is 0 Å². The van der Waals surface area contributed by atoms with E-state index in [2.05, 4.69) is 23.6 Å². The second-order valence-corrected chi connectivity index (χ2v) is 5.29. The number of hydrogen-bond donors (Lipinski definition) is 1. The fraction of sp³-hybridized carbons (Fsp3) is 0.917. The van der Waals surface area contributed by atoms with Crippen LogP contribution in [0.1, 0.15) is 26.7 Å². The molecule has 4 heteroatoms. The first-order chi connectivity index (χ1) is 7.59. The predicted octanol–water partition coefficient (Wildman–Crippen LogP) is 0.876. The molecule has 2 aliphatic rings. The average Bonchev–Trinajstić information content (AvgIpc) is 3.02. The summed E-state index contributed by atoms with van der Waals surface area (Å²) < 4.78 is 0. The second-order valence-electron chi connectivity index (χ2n) is 5.29. The van der Waals surface area contributed by atoms with Crippen LogP contribution in [0, 0.1) is 5.92 Å². The number of hydrogen-bond acceptors (Lipinski definition) is 3. The summed E-state index contributed by atoms with van der Waals surface area (Å²) in [7, 11) is 0. The van der Waals surface area contributed by atoms with Crippen molar-refractivity contribution in [1.82, 2.24) is 9.80 Å². The lowest BCUT2D eigenvalue weighted by Crippen LogP contribution is -2.54. The Bertz CT molecular complexity index is 256. The summed E-state index contributed by atoms with van der Waals surface area (Å²) in [5.41, 5.74) is 0. The van der Waals surface area contributed by atoms with Crippen molar-refractivity contribution in [2.24, 2.45) is 5.92 Å². The summed E-state index contributed by atoms with van der Waals surface area (Å²) in [5.74, 6) is -0.205. The van der Waals surface area contributed by atoms with Crippen molar-refractivity contribution in [3.05, 3.63) is 0 Å². The Labute approximate surface area is 97.2 Å². The van der Waals surface area contributed by atoms with Crippen LogP contribution in [-0.4, -0.2) is 59.1 Å². The van der Waals surface area contributed by atoms with E-state index in [1.807, 2.05) is 0 Å². The molecule has 2 fully saturated rings. The van der Waals surface area contributed by atoms with Crippen molar-refractivity contribution < 1.29 is 9.90 Å². The molecule has 0 aromatic rings. The molecule has 0 amide bonds. The first-order valence-corrected chi connectivity index (χ1v) is 6.30. The van der Waals surface area contributed by atoms with Gasteiger partial charge >= 0.3 is 5.97 Å². The van der Waals surface area contributed by atoms with Gasteiger partial charge in [-0.25, -0.2) is 0 Å². The number of aliphatic carboxylic acids is 1. The van der Waals surface area contributed by atoms with E-state index in [1.165, 1.54) is 0 Å². The van der Waals surface area contributed by atoms with Crippen molar-refractivity contribution in [3.8, 4) is 0 Å². The van der Waals surface area contributed by atoms with Gasteiger partial charge in [-0.3, -0.25) is 14.6 Å². The summed E-state index contributed by atoms with van der Waals surface area (Å²) in [6, 6.07) is 0.362. The van der Waals surface area contributed by atoms with E-state index in [4.69, 9.17) is 0 Å². The molecule has 2 rings (SSSR count). The highest BCUT2D eigenvalue weighted by Gasteiger charge is 2.41. The standard InChI is InChI=1S/C12H22N2O2/c1-9(2)13-5-7-14(8-6-13)11(12(15)16)10-3-4-10/h9-11H,3-8H2,1-2H3,(H,15,16). The molecule has 1 aliphatic heterocycles. The van der Waals surface area contributed by atoms with Gasteiger partial charge in [0.05, 0.1) is 0 Å². The molecule has 4 nitrogen and oxygen atoms in total. The molecular weight excluding hydrogens is 204 g/mol. The predicted molar refractivity (Wildman–Crippen MR) is 62.4 cm³/mol. The van der Waals surface area contributed by atoms with Crippen LogP contribution in [0.25, 0.3) is 0 Å². The highest BCUT2D eigenvalue weighted by Crippen LogP contribution is 2.35. The van der Waals surface area contributed by atoms with Crippen LogP contribution in [0.5, 0.6) is 0 Å². The number of carbonyl (C=O) groups is 1. The van der Waals surface area contributed by atoms with E-state index in [-0.39, 0.29) is 6.04 Å². The van der Waals surface area contributed by atoms with Crippen LogP contribution in [0.3, 0.4) is 0 Å². The van der Waals surface area contributed by atoms with Gasteiger partial charge < -0.3 is 5.11 Å². The Kier molecular flexibility index (Phi) is 3.50. The van der Waals surface area contributed by atoms with E-state index in [0.29, 0.717) is 12.0 Å². The average molecular weight is 226 g/mol. The summed E-state index contributed by atoms with van der Waals surface area (Å²) in [6.07, 6.45) is 2.20. The summed E-state index contributed by atoms with van der Waals surface area (Å²) in [5, 5.41) is 9.26. The van der Waals surface area contributed by atoms with Gasteiger partial charge in [-0.1, -0.05) is 0 Å². The monoisotopic (exact) mass is 226 g/mol. The topological polar surface area (TPSA) is 43.8 Å². The van der Waals surface area contributed by atoms with Crippen molar-refractivity contribution in [1.29, 1.82) is 0 Å². The van der Waals surface area contributed by atoms with E-state index in [9.17, 15) is 9.90 Å². The highest BCUT2D eigenvalue weighted by atomic mass is 16.4. The van der Waals surface area contributed by atoms with Crippen molar-refractivity contribution in [3.63, 3.8) is 0 Å². The molecule has 1 saturated heterocycles. The molecule has 1 N–H and O–H groups in total. The van der Waals surface area contributed by atoms with Gasteiger partial charge in [0.1, 0.15) is 6.04 Å². The zero-order valence-corrected chi connectivity index (χ0v) is 10.2. The molecule has 1 saturated carbocycles. The molecule has 0 spiro atoms. The van der Waals surface area contributed by atoms with Crippen LogP contribution in [0.2, 0.25) is 0 Å². The number of carboxylic acid groups (broad SMARTS) is 1. The zero-order valence-electron chi connectivity index (χ0n) is 10.2. The van der Waals surface area contributed by atoms with Crippen LogP contribution in [-0.2, 0) is 4.79 Å². The Morgan fingerprint density at radius 3 is 2.00 bits per heavy atom. The molecule has 0 radical (unpaired) electrons. The molecule has 92 valence electrons.